The highest BCUT2D eigenvalue weighted by Gasteiger charge is 2.18. The molecule has 0 fully saturated rings. The average molecular weight is 413 g/mol. The summed E-state index contributed by atoms with van der Waals surface area (Å²) in [7, 11) is 0. The Morgan fingerprint density at radius 1 is 1.14 bits per heavy atom. The van der Waals surface area contributed by atoms with Gasteiger partial charge in [-0.05, 0) is 74.6 Å². The number of phenols is 1. The summed E-state index contributed by atoms with van der Waals surface area (Å²) in [6.45, 7) is 5.85. The van der Waals surface area contributed by atoms with Crippen LogP contribution in [0.1, 0.15) is 20.8 Å². The van der Waals surface area contributed by atoms with Crippen LogP contribution in [-0.4, -0.2) is 16.6 Å². The lowest BCUT2D eigenvalue weighted by atomic mass is 9.90. The largest absolute Gasteiger partial charge is 0.506 e. The molecule has 0 amide bonds. The minimum Gasteiger partial charge on any atom is -0.506 e. The molecule has 0 radical (unpaired) electrons. The summed E-state index contributed by atoms with van der Waals surface area (Å²) in [4.78, 5) is 16.5. The van der Waals surface area contributed by atoms with E-state index >= 15 is 0 Å². The number of allylic oxidation sites excluding steroid dienone is 4. The highest BCUT2D eigenvalue weighted by atomic mass is 79.9. The fourth-order valence-corrected chi connectivity index (χ4v) is 3.18. The second-order valence-electron chi connectivity index (χ2n) is 5.20. The number of rotatable bonds is 2. The fraction of sp³-hybridized carbons (Fsp3) is 0.250. The molecular formula is C16H15Br2NO2. The zero-order valence-electron chi connectivity index (χ0n) is 11.9. The van der Waals surface area contributed by atoms with Crippen molar-refractivity contribution in [1.82, 2.24) is 0 Å². The summed E-state index contributed by atoms with van der Waals surface area (Å²) in [5.41, 5.74) is 3.06. The number of hydrogen-bond acceptors (Lipinski definition) is 3. The maximum absolute atomic E-state index is 11.9. The van der Waals surface area contributed by atoms with Gasteiger partial charge in [-0.15, -0.1) is 0 Å². The first-order chi connectivity index (χ1) is 9.79. The normalized spacial score (nSPS) is 17.2. The van der Waals surface area contributed by atoms with Crippen molar-refractivity contribution in [3.8, 4) is 5.75 Å². The van der Waals surface area contributed by atoms with Crippen LogP contribution >= 0.6 is 31.9 Å². The number of hydrogen-bond donors (Lipinski definition) is 1. The Hall–Kier alpha value is -1.20. The number of aromatic hydroxyl groups is 1. The number of carbonyl (C=O) groups is 1. The zero-order chi connectivity index (χ0) is 15.7. The number of ketones is 1. The van der Waals surface area contributed by atoms with E-state index in [1.165, 1.54) is 0 Å². The molecule has 2 rings (SSSR count). The maximum Gasteiger partial charge on any atom is 0.182 e. The fourth-order valence-electron chi connectivity index (χ4n) is 2.01. The summed E-state index contributed by atoms with van der Waals surface area (Å²) >= 11 is 6.58. The molecule has 0 spiro atoms. The van der Waals surface area contributed by atoms with Crippen molar-refractivity contribution in [2.75, 3.05) is 0 Å². The van der Waals surface area contributed by atoms with Gasteiger partial charge in [0.1, 0.15) is 5.75 Å². The molecule has 0 bridgehead atoms. The summed E-state index contributed by atoms with van der Waals surface area (Å²) in [5.74, 6) is 0.350. The molecule has 1 N–H and O–H groups in total. The molecule has 21 heavy (non-hydrogen) atoms. The number of benzene rings is 1. The van der Waals surface area contributed by atoms with Crippen molar-refractivity contribution in [3.63, 3.8) is 0 Å². The van der Waals surface area contributed by atoms with Crippen molar-refractivity contribution in [2.45, 2.75) is 20.8 Å². The molecule has 5 heteroatoms. The SMILES string of the molecule is CC1=CC(=O)C(C(C)C)=CC1=Nc1cc(Br)c(O)c(Br)c1. The molecule has 1 aliphatic carbocycles. The van der Waals surface area contributed by atoms with Crippen molar-refractivity contribution >= 4 is 49.0 Å². The third-order valence-corrected chi connectivity index (χ3v) is 4.41. The van der Waals surface area contributed by atoms with Crippen molar-refractivity contribution < 1.29 is 9.90 Å². The Morgan fingerprint density at radius 2 is 1.71 bits per heavy atom. The molecule has 0 atom stereocenters. The molecule has 1 aliphatic rings. The van der Waals surface area contributed by atoms with Crippen LogP contribution in [0, 0.1) is 5.92 Å². The van der Waals surface area contributed by atoms with E-state index in [1.807, 2.05) is 26.8 Å². The molecular weight excluding hydrogens is 398 g/mol. The highest BCUT2D eigenvalue weighted by molar-refractivity contribution is 9.11. The van der Waals surface area contributed by atoms with Crippen LogP contribution in [0.2, 0.25) is 0 Å². The van der Waals surface area contributed by atoms with Crippen LogP contribution in [0.3, 0.4) is 0 Å². The van der Waals surface area contributed by atoms with Crippen LogP contribution in [0.15, 0.2) is 49.4 Å². The lowest BCUT2D eigenvalue weighted by Crippen LogP contribution is -2.15. The van der Waals surface area contributed by atoms with E-state index in [0.717, 1.165) is 16.9 Å². The van der Waals surface area contributed by atoms with E-state index in [4.69, 9.17) is 0 Å². The lowest BCUT2D eigenvalue weighted by molar-refractivity contribution is -0.111. The molecule has 110 valence electrons. The molecule has 0 heterocycles. The quantitative estimate of drug-likeness (QED) is 0.686. The monoisotopic (exact) mass is 411 g/mol. The summed E-state index contributed by atoms with van der Waals surface area (Å²) in [5, 5.41) is 9.73. The number of halogens is 2. The first-order valence-electron chi connectivity index (χ1n) is 6.51. The Labute approximate surface area is 140 Å². The van der Waals surface area contributed by atoms with Gasteiger partial charge in [-0.25, -0.2) is 4.99 Å². The summed E-state index contributed by atoms with van der Waals surface area (Å²) in [6.07, 6.45) is 3.47. The summed E-state index contributed by atoms with van der Waals surface area (Å²) < 4.78 is 1.13. The Balaban J connectivity index is 2.49. The van der Waals surface area contributed by atoms with E-state index in [-0.39, 0.29) is 17.5 Å². The minimum atomic E-state index is 0.0505. The van der Waals surface area contributed by atoms with Gasteiger partial charge in [0.25, 0.3) is 0 Å². The molecule has 0 aliphatic heterocycles. The van der Waals surface area contributed by atoms with Crippen molar-refractivity contribution in [1.29, 1.82) is 0 Å². The number of aliphatic imine (C=N–C) groups is 1. The summed E-state index contributed by atoms with van der Waals surface area (Å²) in [6, 6.07) is 3.47. The Morgan fingerprint density at radius 3 is 2.24 bits per heavy atom. The molecule has 1 aromatic rings. The Bertz CT molecular complexity index is 677. The van der Waals surface area contributed by atoms with E-state index < -0.39 is 0 Å². The van der Waals surface area contributed by atoms with Gasteiger partial charge >= 0.3 is 0 Å². The Kier molecular flexibility index (Phi) is 4.84. The van der Waals surface area contributed by atoms with Crippen LogP contribution < -0.4 is 0 Å². The predicted molar refractivity (Wildman–Crippen MR) is 92.3 cm³/mol. The third-order valence-electron chi connectivity index (χ3n) is 3.20. The molecule has 1 aromatic carbocycles. The van der Waals surface area contributed by atoms with Crippen LogP contribution in [0.5, 0.6) is 5.75 Å². The van der Waals surface area contributed by atoms with Gasteiger partial charge in [0.15, 0.2) is 5.78 Å². The number of carbonyl (C=O) groups excluding carboxylic acids is 1. The number of phenolic OH excluding ortho intramolecular Hbond substituents is 1. The predicted octanol–water partition coefficient (Wildman–Crippen LogP) is 5.10. The van der Waals surface area contributed by atoms with E-state index in [0.29, 0.717) is 14.6 Å². The second kappa shape index (κ2) is 6.28. The lowest BCUT2D eigenvalue weighted by Gasteiger charge is -2.15. The van der Waals surface area contributed by atoms with Gasteiger partial charge in [-0.2, -0.15) is 0 Å². The maximum atomic E-state index is 11.9. The van der Waals surface area contributed by atoms with E-state index in [2.05, 4.69) is 36.9 Å². The van der Waals surface area contributed by atoms with Crippen LogP contribution in [0.4, 0.5) is 5.69 Å². The third kappa shape index (κ3) is 3.52. The van der Waals surface area contributed by atoms with Gasteiger partial charge in [0.2, 0.25) is 0 Å². The topological polar surface area (TPSA) is 49.7 Å². The zero-order valence-corrected chi connectivity index (χ0v) is 15.1. The molecule has 0 aromatic heterocycles. The second-order valence-corrected chi connectivity index (χ2v) is 6.91. The minimum absolute atomic E-state index is 0.0505. The first-order valence-corrected chi connectivity index (χ1v) is 8.09. The van der Waals surface area contributed by atoms with Crippen LogP contribution in [0.25, 0.3) is 0 Å². The van der Waals surface area contributed by atoms with E-state index in [1.54, 1.807) is 18.2 Å². The van der Waals surface area contributed by atoms with Crippen molar-refractivity contribution in [3.05, 3.63) is 44.4 Å². The average Bonchev–Trinajstić information content (AvgIpc) is 2.38. The molecule has 3 nitrogen and oxygen atoms in total. The van der Waals surface area contributed by atoms with Crippen LogP contribution in [-0.2, 0) is 4.79 Å². The van der Waals surface area contributed by atoms with Gasteiger partial charge in [-0.3, -0.25) is 4.79 Å². The molecule has 0 saturated carbocycles. The smallest absolute Gasteiger partial charge is 0.182 e. The van der Waals surface area contributed by atoms with Gasteiger partial charge in [0.05, 0.1) is 20.3 Å². The van der Waals surface area contributed by atoms with Crippen molar-refractivity contribution in [2.24, 2.45) is 10.9 Å². The number of nitrogens with zero attached hydrogens (tertiary/aromatic N) is 1. The highest BCUT2D eigenvalue weighted by Crippen LogP contribution is 2.36. The first kappa shape index (κ1) is 16.2. The van der Waals surface area contributed by atoms with Gasteiger partial charge < -0.3 is 5.11 Å². The van der Waals surface area contributed by atoms with Gasteiger partial charge in [-0.1, -0.05) is 13.8 Å². The molecule has 0 unspecified atom stereocenters. The standard InChI is InChI=1S/C16H15Br2NO2/c1-8(2)11-7-14(9(3)4-15(11)20)19-10-5-12(17)16(21)13(18)6-10/h4-8,21H,1-3H3. The van der Waals surface area contributed by atoms with Gasteiger partial charge in [0, 0.05) is 5.57 Å². The molecule has 0 saturated heterocycles. The van der Waals surface area contributed by atoms with E-state index in [9.17, 15) is 9.90 Å².